The van der Waals surface area contributed by atoms with Crippen LogP contribution in [-0.4, -0.2) is 46.9 Å². The molecule has 0 atom stereocenters. The molecule has 0 unspecified atom stereocenters. The molecular formula is C23H23N3O. The van der Waals surface area contributed by atoms with Crippen LogP contribution in [0.5, 0.6) is 0 Å². The molecule has 2 aromatic carbocycles. The molecule has 2 heterocycles. The molecule has 4 nitrogen and oxygen atoms in total. The van der Waals surface area contributed by atoms with Gasteiger partial charge in [0.25, 0.3) is 5.91 Å². The molecule has 1 fully saturated rings. The van der Waals surface area contributed by atoms with Gasteiger partial charge in [-0.05, 0) is 28.8 Å². The molecule has 1 amide bonds. The van der Waals surface area contributed by atoms with E-state index in [2.05, 4.69) is 28.1 Å². The van der Waals surface area contributed by atoms with Gasteiger partial charge in [0.2, 0.25) is 0 Å². The topological polar surface area (TPSA) is 36.4 Å². The fourth-order valence-corrected chi connectivity index (χ4v) is 3.57. The molecule has 1 aromatic heterocycles. The van der Waals surface area contributed by atoms with Crippen molar-refractivity contribution in [3.05, 3.63) is 90.3 Å². The molecule has 0 bridgehead atoms. The Balaban J connectivity index is 1.44. The van der Waals surface area contributed by atoms with Crippen LogP contribution in [0.1, 0.15) is 15.9 Å². The van der Waals surface area contributed by atoms with Crippen molar-refractivity contribution in [3.8, 4) is 11.1 Å². The Bertz CT molecular complexity index is 888. The minimum absolute atomic E-state index is 0.121. The molecular weight excluding hydrogens is 334 g/mol. The number of carbonyl (C=O) groups is 1. The van der Waals surface area contributed by atoms with Crippen molar-refractivity contribution in [2.75, 3.05) is 26.2 Å². The lowest BCUT2D eigenvalue weighted by atomic mass is 9.98. The fraction of sp³-hybridized carbons (Fsp3) is 0.217. The van der Waals surface area contributed by atoms with Crippen molar-refractivity contribution in [2.24, 2.45) is 0 Å². The summed E-state index contributed by atoms with van der Waals surface area (Å²) in [4.78, 5) is 21.7. The number of amides is 1. The quantitative estimate of drug-likeness (QED) is 0.714. The summed E-state index contributed by atoms with van der Waals surface area (Å²) in [6.07, 6.45) is 3.71. The predicted octanol–water partition coefficient (Wildman–Crippen LogP) is 3.71. The van der Waals surface area contributed by atoms with Gasteiger partial charge in [-0.1, -0.05) is 54.6 Å². The number of pyridine rings is 1. The molecule has 1 saturated heterocycles. The summed E-state index contributed by atoms with van der Waals surface area (Å²) in [6, 6.07) is 22.1. The Morgan fingerprint density at radius 1 is 0.852 bits per heavy atom. The summed E-state index contributed by atoms with van der Waals surface area (Å²) >= 11 is 0. The highest BCUT2D eigenvalue weighted by Gasteiger charge is 2.24. The zero-order chi connectivity index (χ0) is 18.5. The summed E-state index contributed by atoms with van der Waals surface area (Å²) < 4.78 is 0. The first-order valence-corrected chi connectivity index (χ1v) is 9.36. The normalized spacial score (nSPS) is 14.9. The maximum atomic E-state index is 13.2. The number of nitrogens with zero attached hydrogens (tertiary/aromatic N) is 3. The first-order chi connectivity index (χ1) is 13.3. The highest BCUT2D eigenvalue weighted by molar-refractivity contribution is 6.00. The number of benzene rings is 2. The zero-order valence-electron chi connectivity index (χ0n) is 15.3. The molecule has 0 N–H and O–H groups in total. The van der Waals surface area contributed by atoms with Crippen LogP contribution in [-0.2, 0) is 6.54 Å². The summed E-state index contributed by atoms with van der Waals surface area (Å²) in [5, 5.41) is 0. The van der Waals surface area contributed by atoms with E-state index in [-0.39, 0.29) is 5.91 Å². The molecule has 1 aliphatic heterocycles. The second-order valence-corrected chi connectivity index (χ2v) is 6.84. The smallest absolute Gasteiger partial charge is 0.254 e. The molecule has 0 aliphatic carbocycles. The van der Waals surface area contributed by atoms with E-state index in [9.17, 15) is 4.79 Å². The Kier molecular flexibility index (Phi) is 5.26. The standard InChI is InChI=1S/C23H23N3O/c27-23(22-11-5-4-10-21(22)20-8-2-1-3-9-20)26-15-13-25(14-16-26)18-19-7-6-12-24-17-19/h1-12,17H,13-16,18H2. The molecule has 0 saturated carbocycles. The van der Waals surface area contributed by atoms with Crippen LogP contribution < -0.4 is 0 Å². The van der Waals surface area contributed by atoms with Gasteiger partial charge < -0.3 is 4.90 Å². The minimum atomic E-state index is 0.121. The molecule has 4 rings (SSSR count). The third-order valence-corrected chi connectivity index (χ3v) is 5.03. The van der Waals surface area contributed by atoms with Gasteiger partial charge in [-0.15, -0.1) is 0 Å². The third-order valence-electron chi connectivity index (χ3n) is 5.03. The Labute approximate surface area is 160 Å². The van der Waals surface area contributed by atoms with E-state index < -0.39 is 0 Å². The van der Waals surface area contributed by atoms with E-state index >= 15 is 0 Å². The lowest BCUT2D eigenvalue weighted by Crippen LogP contribution is -2.48. The number of carbonyl (C=O) groups excluding carboxylic acids is 1. The fourth-order valence-electron chi connectivity index (χ4n) is 3.57. The molecule has 1 aliphatic rings. The van der Waals surface area contributed by atoms with Gasteiger partial charge in [0.15, 0.2) is 0 Å². The number of rotatable bonds is 4. The van der Waals surface area contributed by atoms with Gasteiger partial charge in [0.1, 0.15) is 0 Å². The first kappa shape index (κ1) is 17.4. The van der Waals surface area contributed by atoms with Crippen molar-refractivity contribution in [1.82, 2.24) is 14.8 Å². The summed E-state index contributed by atoms with van der Waals surface area (Å²) in [5.41, 5.74) is 4.08. The first-order valence-electron chi connectivity index (χ1n) is 9.36. The molecule has 3 aromatic rings. The molecule has 0 spiro atoms. The summed E-state index contributed by atoms with van der Waals surface area (Å²) in [6.45, 7) is 4.16. The molecule has 0 radical (unpaired) electrons. The number of piperazine rings is 1. The van der Waals surface area contributed by atoms with Crippen molar-refractivity contribution in [2.45, 2.75) is 6.54 Å². The van der Waals surface area contributed by atoms with Gasteiger partial charge in [-0.25, -0.2) is 0 Å². The van der Waals surface area contributed by atoms with E-state index in [4.69, 9.17) is 0 Å². The van der Waals surface area contributed by atoms with Gasteiger partial charge in [-0.3, -0.25) is 14.7 Å². The van der Waals surface area contributed by atoms with Crippen LogP contribution in [0.3, 0.4) is 0 Å². The summed E-state index contributed by atoms with van der Waals surface area (Å²) in [5.74, 6) is 0.121. The second kappa shape index (κ2) is 8.14. The van der Waals surface area contributed by atoms with Gasteiger partial charge in [0, 0.05) is 50.7 Å². The van der Waals surface area contributed by atoms with E-state index in [1.54, 1.807) is 6.20 Å². The highest BCUT2D eigenvalue weighted by atomic mass is 16.2. The van der Waals surface area contributed by atoms with Crippen LogP contribution in [0.4, 0.5) is 0 Å². The number of aromatic nitrogens is 1. The Hall–Kier alpha value is -2.98. The number of hydrogen-bond donors (Lipinski definition) is 0. The van der Waals surface area contributed by atoms with Crippen molar-refractivity contribution in [1.29, 1.82) is 0 Å². The Morgan fingerprint density at radius 3 is 2.33 bits per heavy atom. The van der Waals surface area contributed by atoms with Gasteiger partial charge in [0.05, 0.1) is 0 Å². The Morgan fingerprint density at radius 2 is 1.59 bits per heavy atom. The van der Waals surface area contributed by atoms with E-state index in [0.717, 1.165) is 49.4 Å². The van der Waals surface area contributed by atoms with Gasteiger partial charge >= 0.3 is 0 Å². The maximum Gasteiger partial charge on any atom is 0.254 e. The average molecular weight is 357 g/mol. The number of hydrogen-bond acceptors (Lipinski definition) is 3. The van der Waals surface area contributed by atoms with Crippen LogP contribution >= 0.6 is 0 Å². The van der Waals surface area contributed by atoms with Crippen molar-refractivity contribution in [3.63, 3.8) is 0 Å². The van der Waals surface area contributed by atoms with Crippen molar-refractivity contribution < 1.29 is 4.79 Å². The third kappa shape index (κ3) is 4.07. The SMILES string of the molecule is O=C(c1ccccc1-c1ccccc1)N1CCN(Cc2cccnc2)CC1. The van der Waals surface area contributed by atoms with Crippen LogP contribution in [0, 0.1) is 0 Å². The lowest BCUT2D eigenvalue weighted by Gasteiger charge is -2.35. The molecule has 136 valence electrons. The van der Waals surface area contributed by atoms with Crippen LogP contribution in [0.25, 0.3) is 11.1 Å². The maximum absolute atomic E-state index is 13.2. The average Bonchev–Trinajstić information content (AvgIpc) is 2.75. The van der Waals surface area contributed by atoms with E-state index in [1.807, 2.05) is 59.6 Å². The van der Waals surface area contributed by atoms with E-state index in [0.29, 0.717) is 0 Å². The largest absolute Gasteiger partial charge is 0.336 e. The van der Waals surface area contributed by atoms with Crippen LogP contribution in [0.2, 0.25) is 0 Å². The lowest BCUT2D eigenvalue weighted by molar-refractivity contribution is 0.0629. The predicted molar refractivity (Wildman–Crippen MR) is 107 cm³/mol. The zero-order valence-corrected chi connectivity index (χ0v) is 15.3. The van der Waals surface area contributed by atoms with Gasteiger partial charge in [-0.2, -0.15) is 0 Å². The monoisotopic (exact) mass is 357 g/mol. The molecule has 4 heteroatoms. The highest BCUT2D eigenvalue weighted by Crippen LogP contribution is 2.25. The van der Waals surface area contributed by atoms with E-state index in [1.165, 1.54) is 5.56 Å². The molecule has 27 heavy (non-hydrogen) atoms. The van der Waals surface area contributed by atoms with Crippen LogP contribution in [0.15, 0.2) is 79.1 Å². The minimum Gasteiger partial charge on any atom is -0.336 e. The second-order valence-electron chi connectivity index (χ2n) is 6.84. The van der Waals surface area contributed by atoms with Crippen molar-refractivity contribution >= 4 is 5.91 Å². The summed E-state index contributed by atoms with van der Waals surface area (Å²) in [7, 11) is 0.